The van der Waals surface area contributed by atoms with Gasteiger partial charge in [0.1, 0.15) is 5.70 Å². The molecule has 1 aliphatic heterocycles. The van der Waals surface area contributed by atoms with E-state index >= 15 is 0 Å². The maximum absolute atomic E-state index is 13.1. The number of carbonyl (C=O) groups is 2. The van der Waals surface area contributed by atoms with E-state index in [9.17, 15) is 9.59 Å². The molecule has 0 radical (unpaired) electrons. The fourth-order valence-electron chi connectivity index (χ4n) is 3.84. The Kier molecular flexibility index (Phi) is 8.20. The third-order valence-electron chi connectivity index (χ3n) is 5.64. The molecular formula is C23H32N6O2. The standard InChI is InChI=1S/C23H32N6O2/c1-3-5-8-18(4-2)15-28-16-20-10-7-6-9-19(20)13-21(28)23(31)24-11-12-29-26-14-22(27-29)25-17-30/h6-7,9-10,13-14,17-18H,3-5,8,11-12,15-16H2,1-2H3,(H,24,31)(H,25,27,30). The quantitative estimate of drug-likeness (QED) is 0.511. The number of aromatic nitrogens is 3. The van der Waals surface area contributed by atoms with E-state index in [4.69, 9.17) is 0 Å². The normalized spacial score (nSPS) is 13.9. The summed E-state index contributed by atoms with van der Waals surface area (Å²) >= 11 is 0. The highest BCUT2D eigenvalue weighted by atomic mass is 16.2. The Hall–Kier alpha value is -3.16. The summed E-state index contributed by atoms with van der Waals surface area (Å²) in [6, 6.07) is 8.25. The highest BCUT2D eigenvalue weighted by molar-refractivity contribution is 5.98. The van der Waals surface area contributed by atoms with Gasteiger partial charge in [0, 0.05) is 19.6 Å². The van der Waals surface area contributed by atoms with Crippen molar-refractivity contribution in [2.75, 3.05) is 18.4 Å². The minimum Gasteiger partial charge on any atom is -0.362 e. The van der Waals surface area contributed by atoms with E-state index in [0.717, 1.165) is 25.1 Å². The number of hydrogen-bond acceptors (Lipinski definition) is 5. The summed E-state index contributed by atoms with van der Waals surface area (Å²) in [4.78, 5) is 27.2. The number of hydrogen-bond donors (Lipinski definition) is 2. The zero-order valence-electron chi connectivity index (χ0n) is 18.4. The van der Waals surface area contributed by atoms with E-state index in [0.29, 0.717) is 36.9 Å². The SMILES string of the molecule is CCCCC(CC)CN1Cc2ccccc2C=C1C(=O)NCCn1ncc(NC=O)n1. The summed E-state index contributed by atoms with van der Waals surface area (Å²) in [5.74, 6) is 0.869. The van der Waals surface area contributed by atoms with Crippen molar-refractivity contribution in [3.05, 3.63) is 47.3 Å². The van der Waals surface area contributed by atoms with Crippen molar-refractivity contribution in [2.24, 2.45) is 5.92 Å². The minimum atomic E-state index is -0.0850. The molecule has 1 aliphatic rings. The molecular weight excluding hydrogens is 392 g/mol. The first-order chi connectivity index (χ1) is 15.1. The molecule has 0 saturated carbocycles. The van der Waals surface area contributed by atoms with Gasteiger partial charge < -0.3 is 15.5 Å². The fourth-order valence-corrected chi connectivity index (χ4v) is 3.84. The van der Waals surface area contributed by atoms with Gasteiger partial charge in [-0.15, -0.1) is 5.10 Å². The molecule has 0 saturated heterocycles. The van der Waals surface area contributed by atoms with Crippen LogP contribution >= 0.6 is 0 Å². The third kappa shape index (κ3) is 6.16. The maximum atomic E-state index is 13.1. The number of carbonyl (C=O) groups excluding carboxylic acids is 2. The molecule has 1 atom stereocenters. The lowest BCUT2D eigenvalue weighted by molar-refractivity contribution is -0.119. The van der Waals surface area contributed by atoms with E-state index in [-0.39, 0.29) is 5.91 Å². The Morgan fingerprint density at radius 3 is 2.90 bits per heavy atom. The first-order valence-electron chi connectivity index (χ1n) is 11.1. The van der Waals surface area contributed by atoms with Crippen molar-refractivity contribution >= 4 is 24.2 Å². The van der Waals surface area contributed by atoms with Gasteiger partial charge in [-0.05, 0) is 29.5 Å². The average molecular weight is 425 g/mol. The lowest BCUT2D eigenvalue weighted by Crippen LogP contribution is -2.39. The van der Waals surface area contributed by atoms with Crippen molar-refractivity contribution in [3.63, 3.8) is 0 Å². The van der Waals surface area contributed by atoms with Crippen molar-refractivity contribution in [2.45, 2.75) is 52.6 Å². The van der Waals surface area contributed by atoms with Crippen LogP contribution < -0.4 is 10.6 Å². The Labute approximate surface area is 183 Å². The van der Waals surface area contributed by atoms with Crippen LogP contribution in [0.15, 0.2) is 36.2 Å². The largest absolute Gasteiger partial charge is 0.362 e. The van der Waals surface area contributed by atoms with Crippen molar-refractivity contribution < 1.29 is 9.59 Å². The van der Waals surface area contributed by atoms with Gasteiger partial charge in [-0.1, -0.05) is 57.4 Å². The fraction of sp³-hybridized carbons (Fsp3) is 0.478. The molecule has 166 valence electrons. The summed E-state index contributed by atoms with van der Waals surface area (Å²) in [5, 5.41) is 13.6. The summed E-state index contributed by atoms with van der Waals surface area (Å²) in [5.41, 5.74) is 3.06. The molecule has 1 aromatic carbocycles. The molecule has 8 heteroatoms. The van der Waals surface area contributed by atoms with Crippen LogP contribution in [0.25, 0.3) is 6.08 Å². The van der Waals surface area contributed by atoms with Gasteiger partial charge in [-0.2, -0.15) is 9.90 Å². The number of nitrogens with one attached hydrogen (secondary N) is 2. The van der Waals surface area contributed by atoms with Gasteiger partial charge in [0.05, 0.1) is 12.7 Å². The summed E-state index contributed by atoms with van der Waals surface area (Å²) < 4.78 is 0. The molecule has 3 rings (SSSR count). The topological polar surface area (TPSA) is 92.2 Å². The zero-order valence-corrected chi connectivity index (χ0v) is 18.4. The van der Waals surface area contributed by atoms with Crippen LogP contribution in [0, 0.1) is 5.92 Å². The summed E-state index contributed by atoms with van der Waals surface area (Å²) in [7, 11) is 0. The molecule has 8 nitrogen and oxygen atoms in total. The second-order valence-corrected chi connectivity index (χ2v) is 7.87. The number of rotatable bonds is 12. The maximum Gasteiger partial charge on any atom is 0.267 e. The van der Waals surface area contributed by atoms with E-state index in [1.165, 1.54) is 35.8 Å². The zero-order chi connectivity index (χ0) is 22.1. The molecule has 2 N–H and O–H groups in total. The monoisotopic (exact) mass is 424 g/mol. The van der Waals surface area contributed by atoms with E-state index < -0.39 is 0 Å². The van der Waals surface area contributed by atoms with Crippen LogP contribution in [-0.4, -0.2) is 45.3 Å². The molecule has 31 heavy (non-hydrogen) atoms. The molecule has 1 aromatic heterocycles. The third-order valence-corrected chi connectivity index (χ3v) is 5.64. The first kappa shape index (κ1) is 22.5. The Balaban J connectivity index is 1.66. The summed E-state index contributed by atoms with van der Waals surface area (Å²) in [6.07, 6.45) is 8.72. The van der Waals surface area contributed by atoms with Crippen LogP contribution in [-0.2, 0) is 22.7 Å². The number of unbranched alkanes of at least 4 members (excludes halogenated alkanes) is 1. The second-order valence-electron chi connectivity index (χ2n) is 7.87. The predicted octanol–water partition coefficient (Wildman–Crippen LogP) is 3.04. The Morgan fingerprint density at radius 1 is 1.29 bits per heavy atom. The van der Waals surface area contributed by atoms with Gasteiger partial charge in [0.25, 0.3) is 5.91 Å². The van der Waals surface area contributed by atoms with Crippen molar-refractivity contribution in [3.8, 4) is 0 Å². The Morgan fingerprint density at radius 2 is 2.13 bits per heavy atom. The number of benzene rings is 1. The smallest absolute Gasteiger partial charge is 0.267 e. The highest BCUT2D eigenvalue weighted by Crippen LogP contribution is 2.27. The van der Waals surface area contributed by atoms with Crippen molar-refractivity contribution in [1.29, 1.82) is 0 Å². The summed E-state index contributed by atoms with van der Waals surface area (Å²) in [6.45, 7) is 6.89. The Bertz CT molecular complexity index is 907. The van der Waals surface area contributed by atoms with Crippen LogP contribution in [0.2, 0.25) is 0 Å². The van der Waals surface area contributed by atoms with Gasteiger partial charge >= 0.3 is 0 Å². The molecule has 0 spiro atoms. The van der Waals surface area contributed by atoms with Gasteiger partial charge in [0.15, 0.2) is 5.82 Å². The number of nitrogens with zero attached hydrogens (tertiary/aromatic N) is 4. The van der Waals surface area contributed by atoms with Gasteiger partial charge in [-0.25, -0.2) is 0 Å². The van der Waals surface area contributed by atoms with Crippen LogP contribution in [0.4, 0.5) is 5.82 Å². The second kappa shape index (κ2) is 11.3. The predicted molar refractivity (Wildman–Crippen MR) is 121 cm³/mol. The van der Waals surface area contributed by atoms with Gasteiger partial charge in [-0.3, -0.25) is 9.59 Å². The highest BCUT2D eigenvalue weighted by Gasteiger charge is 2.25. The minimum absolute atomic E-state index is 0.0850. The first-order valence-corrected chi connectivity index (χ1v) is 11.1. The molecule has 0 aliphatic carbocycles. The molecule has 1 unspecified atom stereocenters. The molecule has 2 aromatic rings. The number of anilines is 1. The molecule has 2 heterocycles. The van der Waals surface area contributed by atoms with Crippen molar-refractivity contribution in [1.82, 2.24) is 25.2 Å². The number of amides is 2. The number of fused-ring (bicyclic) bond motifs is 1. The lowest BCUT2D eigenvalue weighted by Gasteiger charge is -2.34. The van der Waals surface area contributed by atoms with Gasteiger partial charge in [0.2, 0.25) is 6.41 Å². The van der Waals surface area contributed by atoms with Crippen LogP contribution in [0.3, 0.4) is 0 Å². The van der Waals surface area contributed by atoms with E-state index in [2.05, 4.69) is 57.8 Å². The van der Waals surface area contributed by atoms with E-state index in [1.807, 2.05) is 12.1 Å². The molecule has 0 bridgehead atoms. The lowest BCUT2D eigenvalue weighted by atomic mass is 9.95. The van der Waals surface area contributed by atoms with Crippen LogP contribution in [0.5, 0.6) is 0 Å². The van der Waals surface area contributed by atoms with Crippen LogP contribution in [0.1, 0.15) is 50.7 Å². The van der Waals surface area contributed by atoms with E-state index in [1.54, 1.807) is 0 Å². The molecule has 2 amide bonds. The molecule has 0 fully saturated rings. The average Bonchev–Trinajstić information content (AvgIpc) is 3.23.